The van der Waals surface area contributed by atoms with Gasteiger partial charge in [-0.1, -0.05) is 84.9 Å². The molecule has 0 atom stereocenters. The highest BCUT2D eigenvalue weighted by atomic mass is 19.2. The first-order valence-corrected chi connectivity index (χ1v) is 39.0. The lowest BCUT2D eigenvalue weighted by Crippen LogP contribution is -2.31. The molecule has 0 spiro atoms. The molecule has 0 aliphatic heterocycles. The number of hydrogen-bond acceptors (Lipinski definition) is 8. The van der Waals surface area contributed by atoms with Gasteiger partial charge in [0.15, 0.2) is 82.0 Å². The van der Waals surface area contributed by atoms with Crippen molar-refractivity contribution in [1.29, 1.82) is 0 Å². The number of hydrogen-bond donors (Lipinski definition) is 0. The molecular formula is C101H79F7N8O4+4. The highest BCUT2D eigenvalue weighted by Crippen LogP contribution is 2.44. The first kappa shape index (κ1) is 78.2. The van der Waals surface area contributed by atoms with Crippen LogP contribution in [0.25, 0.3) is 178 Å². The Morgan fingerprint density at radius 2 is 0.617 bits per heavy atom. The zero-order chi connectivity index (χ0) is 84.0. The SMILES string of the molecule is Cc1ccc2c(n1)oc1c(-c3c(-c4ccc(C)c(F)c4)ccc[n+]3C)c(C)ccc12.Cc1ccc2c(n1)oc1c(-c3cc(-c4ccc(F)c(F)c4)cc[n+]3C)c(C)ccc12.Cc1ccc2c(n1)oc1c(-c3ccc(-c4ccc(F)c(F)c4)c[n+]3C)c(C)ccc12.Cc1ccc2c(n1)oc1c(-c3ccc(-c4cccc(F)c4F)c[n+]3C)c(C)ccc12. The zero-order valence-corrected chi connectivity index (χ0v) is 68.0. The summed E-state index contributed by atoms with van der Waals surface area (Å²) in [6.45, 7) is 17.7. The van der Waals surface area contributed by atoms with Crippen LogP contribution in [-0.2, 0) is 28.2 Å². The van der Waals surface area contributed by atoms with Crippen LogP contribution in [0.1, 0.15) is 50.6 Å². The molecule has 0 fully saturated rings. The smallest absolute Gasteiger partial charge is 0.227 e. The molecule has 0 saturated carbocycles. The lowest BCUT2D eigenvalue weighted by atomic mass is 9.94. The van der Waals surface area contributed by atoms with Crippen molar-refractivity contribution in [2.75, 3.05) is 0 Å². The largest absolute Gasteiger partial charge is 0.437 e. The molecule has 0 N–H and O–H groups in total. The molecule has 0 amide bonds. The number of benzene rings is 8. The molecule has 12 heterocycles. The van der Waals surface area contributed by atoms with Crippen LogP contribution in [0.2, 0.25) is 0 Å². The molecular weight excluding hydrogens is 1520 g/mol. The van der Waals surface area contributed by atoms with Gasteiger partial charge in [-0.2, -0.15) is 0 Å². The van der Waals surface area contributed by atoms with Crippen LogP contribution in [0.15, 0.2) is 261 Å². The number of pyridine rings is 8. The van der Waals surface area contributed by atoms with Crippen molar-refractivity contribution >= 4 is 88.3 Å². The standard InChI is InChI=1S/C26H22FN2O.3C25H19F2N2O/c1-15-7-10-18(14-22(15)27)19-6-5-13-29(4)24(19)23-16(2)8-11-20-21-12-9-17(3)28-26(21)30-25(20)23;1-14-4-8-18-19-9-5-15(2)28-25(19)30-24(18)23(14)22-11-7-17(13-29(22)3)16-6-10-20(26)21(27)12-16;1-14-4-7-18-19-8-5-15(2)28-25(19)30-24(18)23(14)22-13-17(10-11-29(22)3)16-6-9-20(26)21(27)12-16;1-14-7-10-18-19-11-8-15(2)28-25(19)30-24(18)22(14)21-12-9-16(13-29(21)3)17-5-4-6-20(26)23(17)27/h5-14H,1-4H3;3*4-13H,1-3H3/q4*+1. The van der Waals surface area contributed by atoms with Crippen LogP contribution >= 0.6 is 0 Å². The van der Waals surface area contributed by atoms with E-state index in [0.29, 0.717) is 45.1 Å². The van der Waals surface area contributed by atoms with Gasteiger partial charge < -0.3 is 17.7 Å². The van der Waals surface area contributed by atoms with Gasteiger partial charge >= 0.3 is 0 Å². The topological polar surface area (TPSA) is 120 Å². The summed E-state index contributed by atoms with van der Waals surface area (Å²) in [7, 11) is 7.78. The number of rotatable bonds is 8. The van der Waals surface area contributed by atoms with Crippen molar-refractivity contribution < 1.29 is 66.7 Å². The highest BCUT2D eigenvalue weighted by molar-refractivity contribution is 6.12. The molecule has 0 aliphatic carbocycles. The molecule has 0 bridgehead atoms. The summed E-state index contributed by atoms with van der Waals surface area (Å²) in [6.07, 6.45) is 7.63. The fraction of sp³-hybridized carbons (Fsp3) is 0.129. The minimum atomic E-state index is -0.862. The minimum absolute atomic E-state index is 0.205. The maximum atomic E-state index is 14.4. The normalized spacial score (nSPS) is 11.5. The molecule has 0 unspecified atom stereocenters. The fourth-order valence-corrected chi connectivity index (χ4v) is 16.0. The van der Waals surface area contributed by atoms with Gasteiger partial charge in [0.2, 0.25) is 45.6 Å². The summed E-state index contributed by atoms with van der Waals surface area (Å²) in [5.41, 5.74) is 27.3. The van der Waals surface area contributed by atoms with Gasteiger partial charge in [-0.15, -0.1) is 0 Å². The van der Waals surface area contributed by atoms with Crippen molar-refractivity contribution in [2.45, 2.75) is 62.3 Å². The minimum Gasteiger partial charge on any atom is -0.437 e. The van der Waals surface area contributed by atoms with Gasteiger partial charge in [-0.3, -0.25) is 0 Å². The van der Waals surface area contributed by atoms with E-state index < -0.39 is 34.9 Å². The highest BCUT2D eigenvalue weighted by Gasteiger charge is 2.29. The Balaban J connectivity index is 0.000000114. The number of halogens is 7. The van der Waals surface area contributed by atoms with Crippen LogP contribution in [0.3, 0.4) is 0 Å². The average Bonchev–Trinajstić information content (AvgIpc) is 1.42. The van der Waals surface area contributed by atoms with Crippen molar-refractivity contribution in [3.63, 3.8) is 0 Å². The summed E-state index contributed by atoms with van der Waals surface area (Å²) >= 11 is 0. The Kier molecular flexibility index (Phi) is 20.4. The maximum absolute atomic E-state index is 14.4. The van der Waals surface area contributed by atoms with E-state index in [1.54, 1.807) is 43.5 Å². The zero-order valence-electron chi connectivity index (χ0n) is 68.0. The Hall–Kier alpha value is -14.3. The van der Waals surface area contributed by atoms with Crippen LogP contribution < -0.4 is 18.3 Å². The van der Waals surface area contributed by atoms with E-state index in [1.807, 2.05) is 212 Å². The third-order valence-corrected chi connectivity index (χ3v) is 22.3. The molecule has 20 rings (SSSR count). The molecule has 0 aliphatic rings. The average molecular weight is 1600 g/mol. The van der Waals surface area contributed by atoms with E-state index in [-0.39, 0.29) is 11.4 Å². The number of aryl methyl sites for hydroxylation is 13. The first-order valence-electron chi connectivity index (χ1n) is 39.0. The van der Waals surface area contributed by atoms with Gasteiger partial charge in [-0.25, -0.2) is 68.9 Å². The molecule has 20 aromatic rings. The Bertz CT molecular complexity index is 7590. The Morgan fingerprint density at radius 3 is 1.07 bits per heavy atom. The lowest BCUT2D eigenvalue weighted by molar-refractivity contribution is -0.660. The lowest BCUT2D eigenvalue weighted by Gasteiger charge is -2.11. The summed E-state index contributed by atoms with van der Waals surface area (Å²) < 4.78 is 129. The third-order valence-electron chi connectivity index (χ3n) is 22.3. The number of fused-ring (bicyclic) bond motifs is 12. The van der Waals surface area contributed by atoms with Crippen molar-refractivity contribution in [3.05, 3.63) is 334 Å². The van der Waals surface area contributed by atoms with Gasteiger partial charge in [0.05, 0.1) is 27.8 Å². The van der Waals surface area contributed by atoms with E-state index >= 15 is 0 Å². The van der Waals surface area contributed by atoms with Crippen LogP contribution in [-0.4, -0.2) is 19.9 Å². The van der Waals surface area contributed by atoms with Gasteiger partial charge in [0.25, 0.3) is 0 Å². The third kappa shape index (κ3) is 14.4. The second-order valence-electron chi connectivity index (χ2n) is 30.6. The molecule has 0 radical (unpaired) electrons. The molecule has 19 heteroatoms. The second-order valence-corrected chi connectivity index (χ2v) is 30.6. The number of aromatic nitrogens is 8. The summed E-state index contributed by atoms with van der Waals surface area (Å²) in [5, 5.41) is 7.96. The predicted octanol–water partition coefficient (Wildman–Crippen LogP) is 24.3. The van der Waals surface area contributed by atoms with Crippen molar-refractivity contribution in [2.24, 2.45) is 28.2 Å². The summed E-state index contributed by atoms with van der Waals surface area (Å²) in [5.74, 6) is -5.33. The Morgan fingerprint density at radius 1 is 0.250 bits per heavy atom. The Labute approximate surface area is 685 Å². The molecule has 8 aromatic carbocycles. The second kappa shape index (κ2) is 31.3. The van der Waals surface area contributed by atoms with E-state index in [2.05, 4.69) is 80.0 Å². The van der Waals surface area contributed by atoms with E-state index in [4.69, 9.17) is 17.7 Å². The first-order chi connectivity index (χ1) is 57.7. The van der Waals surface area contributed by atoms with Crippen LogP contribution in [0.5, 0.6) is 0 Å². The number of nitrogens with zero attached hydrogens (tertiary/aromatic N) is 8. The van der Waals surface area contributed by atoms with Gasteiger partial charge in [0, 0.05) is 113 Å². The van der Waals surface area contributed by atoms with E-state index in [1.165, 1.54) is 18.2 Å². The fourth-order valence-electron chi connectivity index (χ4n) is 16.0. The quantitative estimate of drug-likeness (QED) is 0.109. The van der Waals surface area contributed by atoms with Gasteiger partial charge in [-0.05, 0) is 216 Å². The molecule has 0 saturated heterocycles. The molecule has 12 aromatic heterocycles. The van der Waals surface area contributed by atoms with Crippen molar-refractivity contribution in [1.82, 2.24) is 19.9 Å². The molecule has 120 heavy (non-hydrogen) atoms. The van der Waals surface area contributed by atoms with E-state index in [0.717, 1.165) is 196 Å². The van der Waals surface area contributed by atoms with E-state index in [9.17, 15) is 30.7 Å². The molecule has 12 nitrogen and oxygen atoms in total. The summed E-state index contributed by atoms with van der Waals surface area (Å²) in [4.78, 5) is 18.2. The van der Waals surface area contributed by atoms with Crippen LogP contribution in [0, 0.1) is 103 Å². The predicted molar refractivity (Wildman–Crippen MR) is 457 cm³/mol. The monoisotopic (exact) mass is 1600 g/mol. The molecule has 592 valence electrons. The van der Waals surface area contributed by atoms with Crippen LogP contribution in [0.4, 0.5) is 30.7 Å². The maximum Gasteiger partial charge on any atom is 0.227 e. The number of furan rings is 4. The van der Waals surface area contributed by atoms with Crippen molar-refractivity contribution in [3.8, 4) is 89.5 Å². The summed E-state index contributed by atoms with van der Waals surface area (Å²) in [6, 6.07) is 65.6. The van der Waals surface area contributed by atoms with Gasteiger partial charge in [0.1, 0.15) is 34.0 Å².